The molecule has 5 nitrogen and oxygen atoms in total. The van der Waals surface area contributed by atoms with Gasteiger partial charge < -0.3 is 9.64 Å². The van der Waals surface area contributed by atoms with Gasteiger partial charge in [0, 0.05) is 24.0 Å². The van der Waals surface area contributed by atoms with Gasteiger partial charge in [-0.1, -0.05) is 12.1 Å². The molecule has 144 valence electrons. The van der Waals surface area contributed by atoms with Crippen LogP contribution in [0.4, 0.5) is 10.2 Å². The fourth-order valence-corrected chi connectivity index (χ4v) is 6.80. The number of fused-ring (bicyclic) bond motifs is 1. The Balaban J connectivity index is 1.50. The number of hydrogen-bond acceptors (Lipinski definition) is 7. The highest BCUT2D eigenvalue weighted by molar-refractivity contribution is 8.01. The van der Waals surface area contributed by atoms with Crippen LogP contribution in [0.1, 0.15) is 6.42 Å². The molecule has 1 aromatic carbocycles. The molecule has 8 heteroatoms. The first kappa shape index (κ1) is 17.9. The van der Waals surface area contributed by atoms with Gasteiger partial charge in [-0.2, -0.15) is 11.8 Å². The number of rotatable bonds is 3. The predicted molar refractivity (Wildman–Crippen MR) is 110 cm³/mol. The van der Waals surface area contributed by atoms with Crippen molar-refractivity contribution < 1.29 is 13.9 Å². The van der Waals surface area contributed by atoms with Crippen molar-refractivity contribution in [2.45, 2.75) is 11.2 Å². The van der Waals surface area contributed by atoms with Crippen LogP contribution in [-0.4, -0.2) is 46.6 Å². The molecule has 1 unspecified atom stereocenters. The van der Waals surface area contributed by atoms with Gasteiger partial charge in [0.05, 0.1) is 23.2 Å². The summed E-state index contributed by atoms with van der Waals surface area (Å²) >= 11 is 3.43. The third-order valence-electron chi connectivity index (χ3n) is 5.64. The fraction of sp³-hybridized carbons (Fsp3) is 0.350. The van der Waals surface area contributed by atoms with Crippen LogP contribution in [0.25, 0.3) is 21.3 Å². The quantitative estimate of drug-likeness (QED) is 0.603. The average molecular weight is 416 g/mol. The molecule has 5 rings (SSSR count). The largest absolute Gasteiger partial charge is 0.469 e. The highest BCUT2D eigenvalue weighted by Gasteiger charge is 2.56. The number of hydrogen-bond donors (Lipinski definition) is 0. The molecule has 1 spiro atoms. The minimum Gasteiger partial charge on any atom is -0.469 e. The molecule has 0 amide bonds. The van der Waals surface area contributed by atoms with E-state index >= 15 is 0 Å². The topological polar surface area (TPSA) is 55.3 Å². The highest BCUT2D eigenvalue weighted by atomic mass is 32.2. The van der Waals surface area contributed by atoms with E-state index in [4.69, 9.17) is 4.74 Å². The summed E-state index contributed by atoms with van der Waals surface area (Å²) in [6.07, 6.45) is 2.46. The third-order valence-corrected chi connectivity index (χ3v) is 8.08. The normalized spacial score (nSPS) is 20.5. The molecule has 2 saturated heterocycles. The zero-order chi connectivity index (χ0) is 19.3. The van der Waals surface area contributed by atoms with Crippen LogP contribution in [0.15, 0.2) is 36.0 Å². The second-order valence-corrected chi connectivity index (χ2v) is 9.54. The number of thioether (sulfide) groups is 1. The van der Waals surface area contributed by atoms with E-state index in [-0.39, 0.29) is 22.5 Å². The Morgan fingerprint density at radius 2 is 2.07 bits per heavy atom. The zero-order valence-electron chi connectivity index (χ0n) is 15.2. The Labute approximate surface area is 169 Å². The SMILES string of the molecule is COC(=O)C1CCSC12CN(c1ncnc3scc(-c4ccc(F)cc4)c13)C2. The number of carbonyl (C=O) groups excluding carboxylic acids is 1. The lowest BCUT2D eigenvalue weighted by atomic mass is 9.83. The van der Waals surface area contributed by atoms with Crippen LogP contribution in [-0.2, 0) is 9.53 Å². The summed E-state index contributed by atoms with van der Waals surface area (Å²) in [4.78, 5) is 24.3. The lowest BCUT2D eigenvalue weighted by Crippen LogP contribution is -2.63. The molecule has 2 fully saturated rings. The van der Waals surface area contributed by atoms with E-state index in [2.05, 4.69) is 14.9 Å². The fourth-order valence-electron chi connectivity index (χ4n) is 4.22. The molecule has 0 bridgehead atoms. The van der Waals surface area contributed by atoms with Gasteiger partial charge in [0.2, 0.25) is 0 Å². The van der Waals surface area contributed by atoms with Crippen molar-refractivity contribution in [2.75, 3.05) is 30.9 Å². The number of thiophene rings is 1. The molecule has 28 heavy (non-hydrogen) atoms. The maximum Gasteiger partial charge on any atom is 0.310 e. The summed E-state index contributed by atoms with van der Waals surface area (Å²) in [5, 5.41) is 3.04. The van der Waals surface area contributed by atoms with Crippen LogP contribution < -0.4 is 4.90 Å². The molecule has 2 aromatic heterocycles. The van der Waals surface area contributed by atoms with Crippen molar-refractivity contribution in [1.29, 1.82) is 0 Å². The summed E-state index contributed by atoms with van der Waals surface area (Å²) in [6.45, 7) is 1.53. The summed E-state index contributed by atoms with van der Waals surface area (Å²) in [5.74, 6) is 1.44. The minimum absolute atomic E-state index is 0.0601. The van der Waals surface area contributed by atoms with Gasteiger partial charge in [0.25, 0.3) is 0 Å². The average Bonchev–Trinajstić information content (AvgIpc) is 3.31. The van der Waals surface area contributed by atoms with Gasteiger partial charge in [0.1, 0.15) is 22.8 Å². The Kier molecular flexibility index (Phi) is 4.28. The van der Waals surface area contributed by atoms with Gasteiger partial charge in [-0.3, -0.25) is 4.79 Å². The summed E-state index contributed by atoms with van der Waals surface area (Å²) < 4.78 is 18.3. The maximum atomic E-state index is 13.3. The molecule has 0 N–H and O–H groups in total. The number of carbonyl (C=O) groups is 1. The number of methoxy groups -OCH3 is 1. The molecule has 0 aliphatic carbocycles. The number of esters is 1. The Morgan fingerprint density at radius 1 is 1.29 bits per heavy atom. The molecule has 4 heterocycles. The van der Waals surface area contributed by atoms with Crippen molar-refractivity contribution in [3.8, 4) is 11.1 Å². The van der Waals surface area contributed by atoms with Crippen LogP contribution >= 0.6 is 23.1 Å². The molecule has 1 atom stereocenters. The van der Waals surface area contributed by atoms with Crippen LogP contribution in [0, 0.1) is 11.7 Å². The summed E-state index contributed by atoms with van der Waals surface area (Å²) in [6, 6.07) is 6.50. The number of aromatic nitrogens is 2. The number of benzene rings is 1. The van der Waals surface area contributed by atoms with Crippen molar-refractivity contribution in [2.24, 2.45) is 5.92 Å². The van der Waals surface area contributed by atoms with E-state index in [1.54, 1.807) is 29.8 Å². The van der Waals surface area contributed by atoms with Gasteiger partial charge in [-0.15, -0.1) is 11.3 Å². The maximum absolute atomic E-state index is 13.3. The Morgan fingerprint density at radius 3 is 2.82 bits per heavy atom. The van der Waals surface area contributed by atoms with Crippen LogP contribution in [0.2, 0.25) is 0 Å². The lowest BCUT2D eigenvalue weighted by Gasteiger charge is -2.50. The standard InChI is InChI=1S/C20H18FN3O2S2/c1-26-19(25)15-6-7-28-20(15)9-24(10-20)17-16-14(8-27-18(16)23-11-22-17)12-2-4-13(21)5-3-12/h2-5,8,11,15H,6-7,9-10H2,1H3. The number of ether oxygens (including phenoxy) is 1. The molecule has 2 aliphatic rings. The smallest absolute Gasteiger partial charge is 0.310 e. The molecular weight excluding hydrogens is 397 g/mol. The molecule has 0 radical (unpaired) electrons. The first-order valence-electron chi connectivity index (χ1n) is 9.06. The predicted octanol–water partition coefficient (Wildman–Crippen LogP) is 3.98. The first-order valence-corrected chi connectivity index (χ1v) is 10.9. The van der Waals surface area contributed by atoms with Gasteiger partial charge >= 0.3 is 5.97 Å². The van der Waals surface area contributed by atoms with E-state index in [1.165, 1.54) is 19.2 Å². The van der Waals surface area contributed by atoms with Crippen molar-refractivity contribution in [1.82, 2.24) is 9.97 Å². The van der Waals surface area contributed by atoms with E-state index < -0.39 is 0 Å². The molecular formula is C20H18FN3O2S2. The van der Waals surface area contributed by atoms with E-state index in [1.807, 2.05) is 17.1 Å². The summed E-state index contributed by atoms with van der Waals surface area (Å²) in [7, 11) is 1.46. The summed E-state index contributed by atoms with van der Waals surface area (Å²) in [5.41, 5.74) is 1.96. The van der Waals surface area contributed by atoms with Crippen molar-refractivity contribution >= 4 is 45.1 Å². The Bertz CT molecular complexity index is 1050. The van der Waals surface area contributed by atoms with Crippen molar-refractivity contribution in [3.05, 3.63) is 41.8 Å². The van der Waals surface area contributed by atoms with Gasteiger partial charge in [-0.25, -0.2) is 14.4 Å². The highest BCUT2D eigenvalue weighted by Crippen LogP contribution is 2.51. The monoisotopic (exact) mass is 415 g/mol. The number of nitrogens with zero attached hydrogens (tertiary/aromatic N) is 3. The van der Waals surface area contributed by atoms with E-state index in [0.29, 0.717) is 0 Å². The van der Waals surface area contributed by atoms with Crippen LogP contribution in [0.3, 0.4) is 0 Å². The first-order chi connectivity index (χ1) is 13.6. The second kappa shape index (κ2) is 6.70. The molecule has 0 saturated carbocycles. The number of halogens is 1. The minimum atomic E-state index is -0.253. The van der Waals surface area contributed by atoms with Crippen molar-refractivity contribution in [3.63, 3.8) is 0 Å². The van der Waals surface area contributed by atoms with Crippen LogP contribution in [0.5, 0.6) is 0 Å². The molecule has 3 aromatic rings. The zero-order valence-corrected chi connectivity index (χ0v) is 16.9. The Hall–Kier alpha value is -2.19. The van der Waals surface area contributed by atoms with E-state index in [0.717, 1.165) is 52.4 Å². The van der Waals surface area contributed by atoms with Gasteiger partial charge in [0.15, 0.2) is 0 Å². The third kappa shape index (κ3) is 2.69. The van der Waals surface area contributed by atoms with E-state index in [9.17, 15) is 9.18 Å². The second-order valence-electron chi connectivity index (χ2n) is 7.17. The molecule has 2 aliphatic heterocycles. The van der Waals surface area contributed by atoms with Gasteiger partial charge in [-0.05, 0) is 29.9 Å². The number of anilines is 1. The lowest BCUT2D eigenvalue weighted by molar-refractivity contribution is -0.146.